The van der Waals surface area contributed by atoms with E-state index in [1.807, 2.05) is 0 Å². The highest BCUT2D eigenvalue weighted by molar-refractivity contribution is 5.86. The maximum atomic E-state index is 11.6. The van der Waals surface area contributed by atoms with E-state index in [0.717, 1.165) is 12.8 Å². The molecule has 0 spiro atoms. The van der Waals surface area contributed by atoms with Gasteiger partial charge in [-0.15, -0.1) is 0 Å². The van der Waals surface area contributed by atoms with Crippen molar-refractivity contribution >= 4 is 17.9 Å². The predicted octanol–water partition coefficient (Wildman–Crippen LogP) is -0.196. The number of carbonyl (C=O) groups excluding carboxylic acids is 2. The van der Waals surface area contributed by atoms with Crippen molar-refractivity contribution in [3.8, 4) is 0 Å². The molecule has 18 heavy (non-hydrogen) atoms. The van der Waals surface area contributed by atoms with Crippen molar-refractivity contribution in [2.75, 3.05) is 6.54 Å². The molecule has 0 radical (unpaired) electrons. The van der Waals surface area contributed by atoms with Gasteiger partial charge >= 0.3 is 12.0 Å². The summed E-state index contributed by atoms with van der Waals surface area (Å²) in [6, 6.07) is -1.55. The zero-order chi connectivity index (χ0) is 13.8. The third-order valence-corrected chi connectivity index (χ3v) is 3.37. The molecule has 0 saturated heterocycles. The Bertz CT molecular complexity index is 350. The van der Waals surface area contributed by atoms with Crippen LogP contribution in [-0.4, -0.2) is 35.6 Å². The van der Waals surface area contributed by atoms with Gasteiger partial charge in [-0.1, -0.05) is 12.8 Å². The summed E-state index contributed by atoms with van der Waals surface area (Å²) >= 11 is 0. The second kappa shape index (κ2) is 5.70. The Balaban J connectivity index is 2.50. The number of hydrogen-bond donors (Lipinski definition) is 4. The van der Waals surface area contributed by atoms with Crippen LogP contribution in [0.2, 0.25) is 0 Å². The molecule has 1 aliphatic carbocycles. The fourth-order valence-electron chi connectivity index (χ4n) is 2.21. The summed E-state index contributed by atoms with van der Waals surface area (Å²) < 4.78 is 0. The molecule has 0 bridgehead atoms. The first-order chi connectivity index (χ1) is 8.37. The molecule has 0 aromatic carbocycles. The summed E-state index contributed by atoms with van der Waals surface area (Å²) in [7, 11) is 0. The zero-order valence-corrected chi connectivity index (χ0v) is 10.4. The Kier molecular flexibility index (Phi) is 4.52. The molecule has 7 nitrogen and oxygen atoms in total. The molecule has 1 saturated carbocycles. The number of rotatable bonds is 5. The van der Waals surface area contributed by atoms with E-state index >= 15 is 0 Å². The molecule has 0 heterocycles. The highest BCUT2D eigenvalue weighted by Crippen LogP contribution is 2.37. The van der Waals surface area contributed by atoms with Gasteiger partial charge in [0, 0.05) is 6.54 Å². The average Bonchev–Trinajstić information content (AvgIpc) is 2.74. The first-order valence-electron chi connectivity index (χ1n) is 5.94. The van der Waals surface area contributed by atoms with E-state index < -0.39 is 29.4 Å². The molecule has 1 atom stereocenters. The van der Waals surface area contributed by atoms with Gasteiger partial charge in [-0.25, -0.2) is 4.79 Å². The first-order valence-corrected chi connectivity index (χ1v) is 5.94. The van der Waals surface area contributed by atoms with Gasteiger partial charge in [-0.2, -0.15) is 0 Å². The second-order valence-electron chi connectivity index (χ2n) is 4.74. The van der Waals surface area contributed by atoms with Gasteiger partial charge in [0.15, 0.2) is 0 Å². The maximum Gasteiger partial charge on any atom is 0.312 e. The first kappa shape index (κ1) is 14.3. The highest BCUT2D eigenvalue weighted by Gasteiger charge is 2.41. The van der Waals surface area contributed by atoms with Crippen molar-refractivity contribution in [2.24, 2.45) is 11.1 Å². The summed E-state index contributed by atoms with van der Waals surface area (Å²) in [6.45, 7) is 1.58. The van der Waals surface area contributed by atoms with Crippen LogP contribution < -0.4 is 16.4 Å². The van der Waals surface area contributed by atoms with Crippen LogP contribution in [0.3, 0.4) is 0 Å². The fraction of sp³-hybridized carbons (Fsp3) is 0.727. The number of aliphatic carboxylic acids is 1. The van der Waals surface area contributed by atoms with Crippen LogP contribution in [0.5, 0.6) is 0 Å². The van der Waals surface area contributed by atoms with E-state index in [1.165, 1.54) is 6.92 Å². The Hall–Kier alpha value is -1.79. The smallest absolute Gasteiger partial charge is 0.312 e. The summed E-state index contributed by atoms with van der Waals surface area (Å²) in [5.74, 6) is -1.31. The van der Waals surface area contributed by atoms with Crippen LogP contribution in [0.25, 0.3) is 0 Å². The van der Waals surface area contributed by atoms with Gasteiger partial charge in [0.2, 0.25) is 5.91 Å². The van der Waals surface area contributed by atoms with Gasteiger partial charge in [0.1, 0.15) is 6.04 Å². The Labute approximate surface area is 105 Å². The van der Waals surface area contributed by atoms with Gasteiger partial charge in [-0.05, 0) is 19.8 Å². The highest BCUT2D eigenvalue weighted by atomic mass is 16.4. The standard InChI is InChI=1S/C11H19N3O4/c1-7(14-10(12)18)8(15)13-6-11(9(16)17)4-2-3-5-11/h7H,2-6H2,1H3,(H,13,15)(H,16,17)(H3,12,14,18). The lowest BCUT2D eigenvalue weighted by Gasteiger charge is -2.25. The molecule has 102 valence electrons. The van der Waals surface area contributed by atoms with Crippen molar-refractivity contribution < 1.29 is 19.5 Å². The third-order valence-electron chi connectivity index (χ3n) is 3.37. The molecule has 1 unspecified atom stereocenters. The average molecular weight is 257 g/mol. The Morgan fingerprint density at radius 2 is 1.89 bits per heavy atom. The van der Waals surface area contributed by atoms with Crippen LogP contribution in [0.1, 0.15) is 32.6 Å². The molecule has 0 aliphatic heterocycles. The molecule has 5 N–H and O–H groups in total. The summed E-state index contributed by atoms with van der Waals surface area (Å²) in [4.78, 5) is 33.5. The quantitative estimate of drug-likeness (QED) is 0.545. The lowest BCUT2D eigenvalue weighted by atomic mass is 9.86. The van der Waals surface area contributed by atoms with Crippen LogP contribution in [-0.2, 0) is 9.59 Å². The molecule has 0 aromatic rings. The van der Waals surface area contributed by atoms with Crippen LogP contribution in [0.4, 0.5) is 4.79 Å². The summed E-state index contributed by atoms with van der Waals surface area (Å²) in [5.41, 5.74) is 4.04. The normalized spacial score (nSPS) is 18.9. The molecular formula is C11H19N3O4. The van der Waals surface area contributed by atoms with Crippen molar-refractivity contribution in [1.29, 1.82) is 0 Å². The number of primary amides is 1. The lowest BCUT2D eigenvalue weighted by Crippen LogP contribution is -2.50. The Morgan fingerprint density at radius 3 is 2.33 bits per heavy atom. The van der Waals surface area contributed by atoms with Crippen molar-refractivity contribution in [1.82, 2.24) is 10.6 Å². The van der Waals surface area contributed by atoms with E-state index in [0.29, 0.717) is 12.8 Å². The molecule has 1 aliphatic rings. The molecule has 3 amide bonds. The molecule has 1 fully saturated rings. The lowest BCUT2D eigenvalue weighted by molar-refractivity contribution is -0.148. The number of hydrogen-bond acceptors (Lipinski definition) is 3. The number of nitrogens with one attached hydrogen (secondary N) is 2. The molecule has 0 aromatic heterocycles. The van der Waals surface area contributed by atoms with Crippen LogP contribution in [0, 0.1) is 5.41 Å². The second-order valence-corrected chi connectivity index (χ2v) is 4.74. The van der Waals surface area contributed by atoms with E-state index in [1.54, 1.807) is 0 Å². The van der Waals surface area contributed by atoms with E-state index in [9.17, 15) is 19.5 Å². The van der Waals surface area contributed by atoms with Crippen molar-refractivity contribution in [2.45, 2.75) is 38.6 Å². The number of carboxylic acids is 1. The number of carboxylic acid groups (broad SMARTS) is 1. The summed E-state index contributed by atoms with van der Waals surface area (Å²) in [6.07, 6.45) is 2.86. The summed E-state index contributed by atoms with van der Waals surface area (Å²) in [5, 5.41) is 14.0. The Morgan fingerprint density at radius 1 is 1.33 bits per heavy atom. The zero-order valence-electron chi connectivity index (χ0n) is 10.4. The largest absolute Gasteiger partial charge is 0.481 e. The SMILES string of the molecule is CC(NC(N)=O)C(=O)NCC1(C(=O)O)CCCC1. The van der Waals surface area contributed by atoms with Crippen molar-refractivity contribution in [3.63, 3.8) is 0 Å². The monoisotopic (exact) mass is 257 g/mol. The minimum atomic E-state index is -0.879. The third kappa shape index (κ3) is 3.35. The van der Waals surface area contributed by atoms with E-state index in [2.05, 4.69) is 10.6 Å². The van der Waals surface area contributed by atoms with Gasteiger partial charge in [-0.3, -0.25) is 9.59 Å². The maximum absolute atomic E-state index is 11.6. The molecule has 1 rings (SSSR count). The van der Waals surface area contributed by atoms with Gasteiger partial charge in [0.25, 0.3) is 0 Å². The van der Waals surface area contributed by atoms with Gasteiger partial charge in [0.05, 0.1) is 5.41 Å². The van der Waals surface area contributed by atoms with Crippen LogP contribution in [0.15, 0.2) is 0 Å². The number of carbonyl (C=O) groups is 3. The number of nitrogens with two attached hydrogens (primary N) is 1. The topological polar surface area (TPSA) is 122 Å². The number of amides is 3. The number of urea groups is 1. The molecule has 7 heteroatoms. The minimum absolute atomic E-state index is 0.0892. The van der Waals surface area contributed by atoms with E-state index in [-0.39, 0.29) is 6.54 Å². The van der Waals surface area contributed by atoms with Gasteiger partial charge < -0.3 is 21.5 Å². The van der Waals surface area contributed by atoms with Crippen LogP contribution >= 0.6 is 0 Å². The van der Waals surface area contributed by atoms with Crippen molar-refractivity contribution in [3.05, 3.63) is 0 Å². The predicted molar refractivity (Wildman–Crippen MR) is 63.7 cm³/mol. The van der Waals surface area contributed by atoms with E-state index in [4.69, 9.17) is 5.73 Å². The minimum Gasteiger partial charge on any atom is -0.481 e. The fourth-order valence-corrected chi connectivity index (χ4v) is 2.21. The molecular weight excluding hydrogens is 238 g/mol.